The van der Waals surface area contributed by atoms with Gasteiger partial charge in [-0.15, -0.1) is 0 Å². The van der Waals surface area contributed by atoms with Crippen LogP contribution in [0.5, 0.6) is 17.2 Å². The molecule has 7 nitrogen and oxygen atoms in total. The average molecular weight is 450 g/mol. The lowest BCUT2D eigenvalue weighted by Crippen LogP contribution is -2.34. The first kappa shape index (κ1) is 21.6. The molecule has 8 heteroatoms. The molecule has 1 amide bonds. The summed E-state index contributed by atoms with van der Waals surface area (Å²) < 4.78 is 17.5. The Kier molecular flexibility index (Phi) is 6.81. The highest BCUT2D eigenvalue weighted by Crippen LogP contribution is 2.35. The molecule has 0 saturated heterocycles. The first-order valence-electron chi connectivity index (χ1n) is 10.2. The summed E-state index contributed by atoms with van der Waals surface area (Å²) in [5.41, 5.74) is 1.50. The van der Waals surface area contributed by atoms with Crippen LogP contribution < -0.4 is 19.1 Å². The summed E-state index contributed by atoms with van der Waals surface area (Å²) >= 11 is 1.43. The molecule has 0 atom stereocenters. The van der Waals surface area contributed by atoms with Gasteiger partial charge in [0.05, 0.1) is 30.7 Å². The van der Waals surface area contributed by atoms with E-state index < -0.39 is 0 Å². The molecule has 0 unspecified atom stereocenters. The van der Waals surface area contributed by atoms with E-state index in [-0.39, 0.29) is 19.1 Å². The van der Waals surface area contributed by atoms with Crippen molar-refractivity contribution in [2.75, 3.05) is 25.2 Å². The number of aromatic nitrogens is 2. The predicted molar refractivity (Wildman–Crippen MR) is 125 cm³/mol. The van der Waals surface area contributed by atoms with E-state index in [0.29, 0.717) is 23.2 Å². The van der Waals surface area contributed by atoms with E-state index >= 15 is 0 Å². The zero-order valence-corrected chi connectivity index (χ0v) is 18.7. The first-order valence-corrected chi connectivity index (χ1v) is 11.0. The summed E-state index contributed by atoms with van der Waals surface area (Å²) in [4.78, 5) is 23.9. The Labute approximate surface area is 190 Å². The number of hydrogen-bond donors (Lipinski definition) is 0. The van der Waals surface area contributed by atoms with Gasteiger partial charge < -0.3 is 14.2 Å². The molecule has 0 aliphatic carbocycles. The Morgan fingerprint density at radius 1 is 1.00 bits per heavy atom. The molecule has 164 valence electrons. The highest BCUT2D eigenvalue weighted by molar-refractivity contribution is 7.22. The van der Waals surface area contributed by atoms with Crippen LogP contribution in [-0.4, -0.2) is 36.2 Å². The van der Waals surface area contributed by atoms with Crippen LogP contribution in [0, 0.1) is 0 Å². The van der Waals surface area contributed by atoms with Crippen molar-refractivity contribution >= 4 is 32.6 Å². The number of rotatable bonds is 9. The maximum atomic E-state index is 13.2. The molecule has 2 heterocycles. The van der Waals surface area contributed by atoms with Crippen molar-refractivity contribution in [3.05, 3.63) is 72.6 Å². The minimum Gasteiger partial charge on any atom is -0.497 e. The number of carbonyl (C=O) groups is 1. The van der Waals surface area contributed by atoms with Crippen molar-refractivity contribution in [3.63, 3.8) is 0 Å². The second-order valence-electron chi connectivity index (χ2n) is 6.80. The molecular weight excluding hydrogens is 426 g/mol. The third-order valence-electron chi connectivity index (χ3n) is 4.67. The van der Waals surface area contributed by atoms with Crippen LogP contribution in [0.1, 0.15) is 12.6 Å². The quantitative estimate of drug-likeness (QED) is 0.368. The number of pyridine rings is 1. The smallest absolute Gasteiger partial charge is 0.267 e. The fourth-order valence-electron chi connectivity index (χ4n) is 3.11. The van der Waals surface area contributed by atoms with E-state index in [0.717, 1.165) is 21.7 Å². The Hall–Kier alpha value is -3.65. The summed E-state index contributed by atoms with van der Waals surface area (Å²) in [7, 11) is 1.60. The number of hydrogen-bond acceptors (Lipinski definition) is 7. The van der Waals surface area contributed by atoms with Gasteiger partial charge in [0.25, 0.3) is 5.91 Å². The zero-order chi connectivity index (χ0) is 22.3. The molecule has 0 radical (unpaired) electrons. The van der Waals surface area contributed by atoms with Crippen LogP contribution in [0.15, 0.2) is 66.9 Å². The van der Waals surface area contributed by atoms with Gasteiger partial charge in [-0.25, -0.2) is 4.98 Å². The van der Waals surface area contributed by atoms with Gasteiger partial charge in [-0.05, 0) is 55.5 Å². The van der Waals surface area contributed by atoms with E-state index in [1.54, 1.807) is 42.5 Å². The molecule has 0 bridgehead atoms. The molecule has 2 aromatic carbocycles. The lowest BCUT2D eigenvalue weighted by Gasteiger charge is -2.19. The van der Waals surface area contributed by atoms with E-state index in [1.807, 2.05) is 43.3 Å². The van der Waals surface area contributed by atoms with Gasteiger partial charge in [0.2, 0.25) is 0 Å². The molecule has 0 spiro atoms. The molecule has 0 N–H and O–H groups in total. The van der Waals surface area contributed by atoms with Gasteiger partial charge in [-0.2, -0.15) is 0 Å². The molecule has 0 fully saturated rings. The molecule has 4 aromatic rings. The second-order valence-corrected chi connectivity index (χ2v) is 7.81. The largest absolute Gasteiger partial charge is 0.497 e. The van der Waals surface area contributed by atoms with Crippen molar-refractivity contribution in [2.45, 2.75) is 13.5 Å². The van der Waals surface area contributed by atoms with E-state index in [9.17, 15) is 4.79 Å². The van der Waals surface area contributed by atoms with Gasteiger partial charge in [0.15, 0.2) is 11.7 Å². The Bertz CT molecular complexity index is 1180. The monoisotopic (exact) mass is 449 g/mol. The van der Waals surface area contributed by atoms with E-state index in [4.69, 9.17) is 19.2 Å². The number of methoxy groups -OCH3 is 1. The second kappa shape index (κ2) is 10.1. The fourth-order valence-corrected chi connectivity index (χ4v) is 4.11. The number of nitrogens with zero attached hydrogens (tertiary/aromatic N) is 3. The van der Waals surface area contributed by atoms with Crippen molar-refractivity contribution in [1.29, 1.82) is 0 Å². The van der Waals surface area contributed by atoms with Gasteiger partial charge in [0.1, 0.15) is 22.8 Å². The number of fused-ring (bicyclic) bond motifs is 1. The first-order chi connectivity index (χ1) is 15.7. The van der Waals surface area contributed by atoms with Crippen LogP contribution in [0.25, 0.3) is 10.2 Å². The van der Waals surface area contributed by atoms with Gasteiger partial charge >= 0.3 is 0 Å². The van der Waals surface area contributed by atoms with Gasteiger partial charge in [-0.3, -0.25) is 14.7 Å². The average Bonchev–Trinajstić information content (AvgIpc) is 3.27. The summed E-state index contributed by atoms with van der Waals surface area (Å²) in [5.74, 6) is 1.79. The number of benzene rings is 2. The van der Waals surface area contributed by atoms with Crippen LogP contribution in [0.4, 0.5) is 5.13 Å². The van der Waals surface area contributed by atoms with Crippen LogP contribution in [0.2, 0.25) is 0 Å². The SMILES string of the molecule is CCOc1cccc2sc(N(Cc3ccccn3)C(=O)COc3ccc(OC)cc3)nc12. The lowest BCUT2D eigenvalue weighted by molar-refractivity contribution is -0.120. The fraction of sp³-hybridized carbons (Fsp3) is 0.208. The van der Waals surface area contributed by atoms with Crippen LogP contribution in [-0.2, 0) is 11.3 Å². The molecule has 2 aromatic heterocycles. The Morgan fingerprint density at radius 3 is 2.53 bits per heavy atom. The number of carbonyl (C=O) groups excluding carboxylic acids is 1. The number of anilines is 1. The number of ether oxygens (including phenoxy) is 3. The maximum absolute atomic E-state index is 13.2. The highest BCUT2D eigenvalue weighted by atomic mass is 32.1. The Morgan fingerprint density at radius 2 is 1.81 bits per heavy atom. The van der Waals surface area contributed by atoms with Crippen LogP contribution in [0.3, 0.4) is 0 Å². The molecule has 4 rings (SSSR count). The van der Waals surface area contributed by atoms with Crippen molar-refractivity contribution in [1.82, 2.24) is 9.97 Å². The lowest BCUT2D eigenvalue weighted by atomic mass is 10.3. The molecule has 0 saturated carbocycles. The number of amides is 1. The van der Waals surface area contributed by atoms with Crippen molar-refractivity contribution < 1.29 is 19.0 Å². The molecular formula is C24H23N3O4S. The summed E-state index contributed by atoms with van der Waals surface area (Å²) in [5, 5.41) is 0.570. The van der Waals surface area contributed by atoms with Gasteiger partial charge in [0, 0.05) is 6.20 Å². The summed E-state index contributed by atoms with van der Waals surface area (Å²) in [6, 6.07) is 18.5. The summed E-state index contributed by atoms with van der Waals surface area (Å²) in [6.45, 7) is 2.63. The standard InChI is InChI=1S/C24H23N3O4S/c1-3-30-20-8-6-9-21-23(20)26-24(32-21)27(15-17-7-4-5-14-25-17)22(28)16-31-19-12-10-18(29-2)11-13-19/h4-14H,3,15-16H2,1-2H3. The zero-order valence-electron chi connectivity index (χ0n) is 17.9. The topological polar surface area (TPSA) is 73.8 Å². The minimum absolute atomic E-state index is 0.132. The van der Waals surface area contributed by atoms with Crippen LogP contribution >= 0.6 is 11.3 Å². The highest BCUT2D eigenvalue weighted by Gasteiger charge is 2.22. The van der Waals surface area contributed by atoms with E-state index in [2.05, 4.69) is 4.98 Å². The normalized spacial score (nSPS) is 10.7. The maximum Gasteiger partial charge on any atom is 0.267 e. The van der Waals surface area contributed by atoms with Crippen molar-refractivity contribution in [2.24, 2.45) is 0 Å². The number of thiazole rings is 1. The Balaban J connectivity index is 1.60. The summed E-state index contributed by atoms with van der Waals surface area (Å²) in [6.07, 6.45) is 1.71. The molecule has 32 heavy (non-hydrogen) atoms. The predicted octanol–water partition coefficient (Wildman–Crippen LogP) is 4.71. The third kappa shape index (κ3) is 4.97. The minimum atomic E-state index is -0.219. The van der Waals surface area contributed by atoms with Gasteiger partial charge in [-0.1, -0.05) is 23.5 Å². The third-order valence-corrected chi connectivity index (χ3v) is 5.71. The van der Waals surface area contributed by atoms with Crippen molar-refractivity contribution in [3.8, 4) is 17.2 Å². The molecule has 0 aliphatic rings. The number of para-hydroxylation sites is 1. The molecule has 0 aliphatic heterocycles. The van der Waals surface area contributed by atoms with E-state index in [1.165, 1.54) is 11.3 Å².